The molecule has 1 spiro atoms. The van der Waals surface area contributed by atoms with Crippen LogP contribution in [0.5, 0.6) is 0 Å². The number of hydrogen-bond donors (Lipinski definition) is 0. The SMILES string of the molecule is c1ccc2c(c1)-c1ccc(-c3nc4ccccc4s3)cc1C21c2ccccc2-n2c3ccccc3c3cccc1c32. The van der Waals surface area contributed by atoms with E-state index in [1.165, 1.54) is 71.1 Å². The maximum atomic E-state index is 5.05. The Kier molecular flexibility index (Phi) is 4.04. The first kappa shape index (κ1) is 21.8. The van der Waals surface area contributed by atoms with E-state index in [-0.39, 0.29) is 0 Å². The Morgan fingerprint density at radius 1 is 0.561 bits per heavy atom. The molecular formula is C38H22N2S. The maximum Gasteiger partial charge on any atom is 0.124 e. The van der Waals surface area contributed by atoms with Crippen LogP contribution in [-0.2, 0) is 5.41 Å². The van der Waals surface area contributed by atoms with Crippen LogP contribution in [0, 0.1) is 0 Å². The Hall–Kier alpha value is -4.99. The van der Waals surface area contributed by atoms with Gasteiger partial charge in [0.1, 0.15) is 5.01 Å². The summed E-state index contributed by atoms with van der Waals surface area (Å²) in [6.07, 6.45) is 0. The molecule has 2 aromatic heterocycles. The predicted molar refractivity (Wildman–Crippen MR) is 170 cm³/mol. The minimum atomic E-state index is -0.431. The third kappa shape index (κ3) is 2.56. The van der Waals surface area contributed by atoms with E-state index in [1.807, 2.05) is 0 Å². The number of fused-ring (bicyclic) bond motifs is 13. The molecule has 1 atom stereocenters. The zero-order valence-electron chi connectivity index (χ0n) is 22.0. The van der Waals surface area contributed by atoms with Crippen LogP contribution < -0.4 is 0 Å². The summed E-state index contributed by atoms with van der Waals surface area (Å²) >= 11 is 1.77. The van der Waals surface area contributed by atoms with E-state index in [0.717, 1.165) is 10.5 Å². The van der Waals surface area contributed by atoms with Gasteiger partial charge in [-0.3, -0.25) is 0 Å². The summed E-state index contributed by atoms with van der Waals surface area (Å²) in [5.74, 6) is 0. The Balaban J connectivity index is 1.39. The largest absolute Gasteiger partial charge is 0.309 e. The molecule has 6 aromatic carbocycles. The Morgan fingerprint density at radius 2 is 1.29 bits per heavy atom. The number of hydrogen-bond acceptors (Lipinski definition) is 2. The molecule has 0 N–H and O–H groups in total. The molecule has 3 heteroatoms. The number of nitrogens with zero attached hydrogens (tertiary/aromatic N) is 2. The van der Waals surface area contributed by atoms with E-state index < -0.39 is 5.41 Å². The molecular weight excluding hydrogens is 516 g/mol. The van der Waals surface area contributed by atoms with Crippen molar-refractivity contribution in [2.75, 3.05) is 0 Å². The molecule has 41 heavy (non-hydrogen) atoms. The molecule has 2 aliphatic rings. The lowest BCUT2D eigenvalue weighted by molar-refractivity contribution is 0.749. The lowest BCUT2D eigenvalue weighted by atomic mass is 9.65. The van der Waals surface area contributed by atoms with Crippen LogP contribution in [0.4, 0.5) is 0 Å². The average molecular weight is 539 g/mol. The standard InChI is InChI=1S/C38H22N2S/c1-3-13-28-24(10-1)25-21-20-23(37-39-32-16-5-8-19-35(32)41-37)22-31(25)38(28)29-14-4-7-18-34(29)40-33-17-6-2-11-26(33)27-12-9-15-30(38)36(27)40/h1-22H. The summed E-state index contributed by atoms with van der Waals surface area (Å²) in [6, 6.07) is 49.3. The van der Waals surface area contributed by atoms with Crippen LogP contribution in [0.1, 0.15) is 22.3 Å². The summed E-state index contributed by atoms with van der Waals surface area (Å²) in [6.45, 7) is 0. The van der Waals surface area contributed by atoms with Crippen LogP contribution >= 0.6 is 11.3 Å². The van der Waals surface area contributed by atoms with Gasteiger partial charge in [-0.25, -0.2) is 4.98 Å². The molecule has 0 bridgehead atoms. The van der Waals surface area contributed by atoms with Gasteiger partial charge < -0.3 is 4.57 Å². The van der Waals surface area contributed by atoms with E-state index in [9.17, 15) is 0 Å². The smallest absolute Gasteiger partial charge is 0.124 e. The van der Waals surface area contributed by atoms with Gasteiger partial charge in [-0.15, -0.1) is 11.3 Å². The molecule has 10 rings (SSSR count). The van der Waals surface area contributed by atoms with E-state index in [2.05, 4.69) is 138 Å². The fourth-order valence-corrected chi connectivity index (χ4v) is 8.65. The summed E-state index contributed by atoms with van der Waals surface area (Å²) in [5.41, 5.74) is 13.6. The van der Waals surface area contributed by atoms with Crippen molar-refractivity contribution in [3.8, 4) is 27.4 Å². The van der Waals surface area contributed by atoms with Crippen molar-refractivity contribution in [3.05, 3.63) is 156 Å². The highest BCUT2D eigenvalue weighted by Gasteiger charge is 2.50. The van der Waals surface area contributed by atoms with E-state index >= 15 is 0 Å². The fraction of sp³-hybridized carbons (Fsp3) is 0.0263. The molecule has 0 saturated heterocycles. The lowest BCUT2D eigenvalue weighted by Gasteiger charge is -2.39. The van der Waals surface area contributed by atoms with Crippen molar-refractivity contribution in [1.29, 1.82) is 0 Å². The molecule has 1 unspecified atom stereocenters. The number of thiazole rings is 1. The Bertz CT molecular complexity index is 2360. The average Bonchev–Trinajstić information content (AvgIpc) is 3.70. The minimum Gasteiger partial charge on any atom is -0.309 e. The minimum absolute atomic E-state index is 0.431. The van der Waals surface area contributed by atoms with Gasteiger partial charge in [0.05, 0.1) is 32.4 Å². The fourth-order valence-electron chi connectivity index (χ4n) is 7.69. The molecule has 8 aromatic rings. The molecule has 190 valence electrons. The molecule has 0 radical (unpaired) electrons. The van der Waals surface area contributed by atoms with Crippen molar-refractivity contribution < 1.29 is 0 Å². The predicted octanol–water partition coefficient (Wildman–Crippen LogP) is 9.74. The van der Waals surface area contributed by atoms with E-state index in [4.69, 9.17) is 4.98 Å². The first-order chi connectivity index (χ1) is 20.3. The summed E-state index contributed by atoms with van der Waals surface area (Å²) in [7, 11) is 0. The highest BCUT2D eigenvalue weighted by Crippen LogP contribution is 2.61. The summed E-state index contributed by atoms with van der Waals surface area (Å²) in [5, 5.41) is 3.67. The Morgan fingerprint density at radius 3 is 2.24 bits per heavy atom. The van der Waals surface area contributed by atoms with Gasteiger partial charge in [0.25, 0.3) is 0 Å². The molecule has 0 fully saturated rings. The lowest BCUT2D eigenvalue weighted by Crippen LogP contribution is -2.33. The van der Waals surface area contributed by atoms with Gasteiger partial charge in [0.15, 0.2) is 0 Å². The molecule has 0 amide bonds. The number of benzene rings is 6. The quantitative estimate of drug-likeness (QED) is 0.203. The first-order valence-corrected chi connectivity index (χ1v) is 14.9. The van der Waals surface area contributed by atoms with Gasteiger partial charge in [0, 0.05) is 16.3 Å². The highest BCUT2D eigenvalue weighted by molar-refractivity contribution is 7.21. The van der Waals surface area contributed by atoms with Gasteiger partial charge >= 0.3 is 0 Å². The van der Waals surface area contributed by atoms with Crippen molar-refractivity contribution in [1.82, 2.24) is 9.55 Å². The molecule has 1 aliphatic carbocycles. The summed E-state index contributed by atoms with van der Waals surface area (Å²) < 4.78 is 3.72. The maximum absolute atomic E-state index is 5.05. The summed E-state index contributed by atoms with van der Waals surface area (Å²) in [4.78, 5) is 5.05. The molecule has 3 heterocycles. The van der Waals surface area contributed by atoms with Gasteiger partial charge in [0.2, 0.25) is 0 Å². The molecule has 0 saturated carbocycles. The zero-order chi connectivity index (χ0) is 26.7. The number of rotatable bonds is 1. The van der Waals surface area contributed by atoms with Gasteiger partial charge in [-0.2, -0.15) is 0 Å². The van der Waals surface area contributed by atoms with E-state index in [0.29, 0.717) is 0 Å². The van der Waals surface area contributed by atoms with E-state index in [1.54, 1.807) is 11.3 Å². The topological polar surface area (TPSA) is 17.8 Å². The van der Waals surface area contributed by atoms with Crippen LogP contribution in [0.3, 0.4) is 0 Å². The van der Waals surface area contributed by atoms with Crippen LogP contribution in [0.15, 0.2) is 133 Å². The Labute approximate surface area is 240 Å². The highest BCUT2D eigenvalue weighted by atomic mass is 32.1. The normalized spacial score (nSPS) is 16.4. The number of para-hydroxylation sites is 4. The second-order valence-electron chi connectivity index (χ2n) is 11.1. The van der Waals surface area contributed by atoms with Gasteiger partial charge in [-0.05, 0) is 63.7 Å². The second-order valence-corrected chi connectivity index (χ2v) is 12.1. The number of aromatic nitrogens is 2. The van der Waals surface area contributed by atoms with Gasteiger partial charge in [-0.1, -0.05) is 103 Å². The van der Waals surface area contributed by atoms with Crippen LogP contribution in [0.25, 0.3) is 59.4 Å². The van der Waals surface area contributed by atoms with Crippen LogP contribution in [0.2, 0.25) is 0 Å². The van der Waals surface area contributed by atoms with Crippen molar-refractivity contribution in [2.45, 2.75) is 5.41 Å². The first-order valence-electron chi connectivity index (χ1n) is 14.1. The molecule has 1 aliphatic heterocycles. The zero-order valence-corrected chi connectivity index (χ0v) is 22.8. The molecule has 2 nitrogen and oxygen atoms in total. The van der Waals surface area contributed by atoms with Crippen LogP contribution in [-0.4, -0.2) is 9.55 Å². The van der Waals surface area contributed by atoms with Crippen molar-refractivity contribution >= 4 is 43.4 Å². The van der Waals surface area contributed by atoms with Crippen molar-refractivity contribution in [3.63, 3.8) is 0 Å². The third-order valence-corrected chi connectivity index (χ3v) is 10.3. The third-order valence-electron chi connectivity index (χ3n) is 9.23. The second kappa shape index (κ2) is 7.60. The van der Waals surface area contributed by atoms with Crippen molar-refractivity contribution in [2.24, 2.45) is 0 Å². The monoisotopic (exact) mass is 538 g/mol.